The van der Waals surface area contributed by atoms with E-state index in [2.05, 4.69) is 10.2 Å². The fourth-order valence-corrected chi connectivity index (χ4v) is 3.31. The van der Waals surface area contributed by atoms with Gasteiger partial charge in [-0.25, -0.2) is 8.42 Å². The van der Waals surface area contributed by atoms with Gasteiger partial charge in [0.25, 0.3) is 0 Å². The second-order valence-corrected chi connectivity index (χ2v) is 7.64. The molecule has 2 saturated heterocycles. The third-order valence-electron chi connectivity index (χ3n) is 3.35. The molecule has 10 heteroatoms. The van der Waals surface area contributed by atoms with Crippen LogP contribution in [0.25, 0.3) is 0 Å². The minimum atomic E-state index is -3.79. The van der Waals surface area contributed by atoms with Crippen LogP contribution in [0.15, 0.2) is 4.42 Å². The molecule has 3 rings (SSSR count). The standard InChI is InChI=1S/C10H12ClN3O5S/c11-20(16,17)6-4-8(15)14(5-6)10-13-12-9(19-10)7-2-1-3-18-7/h6-7H,1-5H2. The van der Waals surface area contributed by atoms with E-state index in [0.717, 1.165) is 17.7 Å². The van der Waals surface area contributed by atoms with E-state index < -0.39 is 20.2 Å². The molecule has 1 aromatic heterocycles. The molecule has 2 atom stereocenters. The normalized spacial score (nSPS) is 27.4. The molecule has 0 saturated carbocycles. The van der Waals surface area contributed by atoms with Gasteiger partial charge in [0, 0.05) is 30.3 Å². The van der Waals surface area contributed by atoms with Gasteiger partial charge in [0.2, 0.25) is 20.8 Å². The Morgan fingerprint density at radius 1 is 1.35 bits per heavy atom. The van der Waals surface area contributed by atoms with E-state index in [-0.39, 0.29) is 25.1 Å². The molecule has 0 spiro atoms. The first-order chi connectivity index (χ1) is 9.45. The molecule has 2 aliphatic heterocycles. The summed E-state index contributed by atoms with van der Waals surface area (Å²) in [6.45, 7) is 0.565. The lowest BCUT2D eigenvalue weighted by atomic mass is 10.2. The SMILES string of the molecule is O=C1CC(S(=O)(=O)Cl)CN1c1nnc(C2CCCO2)o1. The van der Waals surface area contributed by atoms with Crippen LogP contribution in [0.4, 0.5) is 6.01 Å². The largest absolute Gasteiger partial charge is 0.405 e. The van der Waals surface area contributed by atoms with Gasteiger partial charge in [-0.2, -0.15) is 0 Å². The Morgan fingerprint density at radius 2 is 2.15 bits per heavy atom. The van der Waals surface area contributed by atoms with Gasteiger partial charge in [0.05, 0.1) is 0 Å². The van der Waals surface area contributed by atoms with Crippen molar-refractivity contribution in [3.63, 3.8) is 0 Å². The monoisotopic (exact) mass is 321 g/mol. The van der Waals surface area contributed by atoms with Crippen LogP contribution in [0.3, 0.4) is 0 Å². The summed E-state index contributed by atoms with van der Waals surface area (Å²) in [4.78, 5) is 13.0. The fourth-order valence-electron chi connectivity index (χ4n) is 2.29. The van der Waals surface area contributed by atoms with Gasteiger partial charge in [-0.15, -0.1) is 5.10 Å². The molecular weight excluding hydrogens is 310 g/mol. The molecule has 0 bridgehead atoms. The summed E-state index contributed by atoms with van der Waals surface area (Å²) in [6.07, 6.45) is 1.27. The first-order valence-electron chi connectivity index (χ1n) is 6.14. The van der Waals surface area contributed by atoms with Crippen molar-refractivity contribution in [2.75, 3.05) is 18.1 Å². The molecule has 110 valence electrons. The van der Waals surface area contributed by atoms with Crippen molar-refractivity contribution in [1.29, 1.82) is 0 Å². The molecular formula is C10H12ClN3O5S. The molecule has 2 fully saturated rings. The molecule has 1 amide bonds. The van der Waals surface area contributed by atoms with Crippen molar-refractivity contribution in [3.05, 3.63) is 5.89 Å². The first kappa shape index (κ1) is 13.8. The zero-order valence-electron chi connectivity index (χ0n) is 10.4. The number of aromatic nitrogens is 2. The quantitative estimate of drug-likeness (QED) is 0.751. The summed E-state index contributed by atoms with van der Waals surface area (Å²) in [5, 5.41) is 6.68. The summed E-state index contributed by atoms with van der Waals surface area (Å²) in [7, 11) is 1.48. The number of carbonyl (C=O) groups is 1. The minimum Gasteiger partial charge on any atom is -0.405 e. The number of ether oxygens (including phenoxy) is 1. The van der Waals surface area contributed by atoms with E-state index in [1.807, 2.05) is 0 Å². The third-order valence-corrected chi connectivity index (χ3v) is 5.22. The van der Waals surface area contributed by atoms with Gasteiger partial charge in [-0.05, 0) is 12.8 Å². The van der Waals surface area contributed by atoms with Gasteiger partial charge in [-0.3, -0.25) is 9.69 Å². The van der Waals surface area contributed by atoms with Gasteiger partial charge >= 0.3 is 6.01 Å². The zero-order chi connectivity index (χ0) is 14.3. The average Bonchev–Trinajstić information content (AvgIpc) is 3.06. The zero-order valence-corrected chi connectivity index (χ0v) is 11.9. The molecule has 20 heavy (non-hydrogen) atoms. The third kappa shape index (κ3) is 2.52. The van der Waals surface area contributed by atoms with E-state index in [9.17, 15) is 13.2 Å². The molecule has 2 aliphatic rings. The minimum absolute atomic E-state index is 0.0108. The number of halogens is 1. The topological polar surface area (TPSA) is 103 Å². The molecule has 0 radical (unpaired) electrons. The highest BCUT2D eigenvalue weighted by Crippen LogP contribution is 2.31. The lowest BCUT2D eigenvalue weighted by Gasteiger charge is -2.09. The summed E-state index contributed by atoms with van der Waals surface area (Å²) in [6, 6.07) is -0.0108. The summed E-state index contributed by atoms with van der Waals surface area (Å²) in [5.41, 5.74) is 0. The van der Waals surface area contributed by atoms with Gasteiger partial charge in [0.15, 0.2) is 0 Å². The predicted octanol–water partition coefficient (Wildman–Crippen LogP) is 0.595. The second kappa shape index (κ2) is 4.97. The van der Waals surface area contributed by atoms with Crippen LogP contribution in [0, 0.1) is 0 Å². The second-order valence-electron chi connectivity index (χ2n) is 4.73. The number of amides is 1. The Bertz CT molecular complexity index is 625. The predicted molar refractivity (Wildman–Crippen MR) is 67.8 cm³/mol. The number of rotatable bonds is 3. The molecule has 3 heterocycles. The molecule has 0 N–H and O–H groups in total. The summed E-state index contributed by atoms with van der Waals surface area (Å²) >= 11 is 0. The summed E-state index contributed by atoms with van der Waals surface area (Å²) in [5.74, 6) is -0.0933. The molecule has 2 unspecified atom stereocenters. The number of hydrogen-bond acceptors (Lipinski definition) is 7. The van der Waals surface area contributed by atoms with Crippen LogP contribution in [-0.4, -0.2) is 42.9 Å². The van der Waals surface area contributed by atoms with Crippen LogP contribution in [0.2, 0.25) is 0 Å². The molecule has 8 nitrogen and oxygen atoms in total. The van der Waals surface area contributed by atoms with E-state index in [1.54, 1.807) is 0 Å². The van der Waals surface area contributed by atoms with Crippen molar-refractivity contribution >= 4 is 31.7 Å². The van der Waals surface area contributed by atoms with Crippen molar-refractivity contribution < 1.29 is 22.4 Å². The Balaban J connectivity index is 1.78. The van der Waals surface area contributed by atoms with Crippen molar-refractivity contribution in [3.8, 4) is 0 Å². The molecule has 0 aliphatic carbocycles. The van der Waals surface area contributed by atoms with Gasteiger partial charge in [0.1, 0.15) is 11.4 Å². The van der Waals surface area contributed by atoms with E-state index in [0.29, 0.717) is 12.5 Å². The van der Waals surface area contributed by atoms with Crippen LogP contribution < -0.4 is 4.90 Å². The lowest BCUT2D eigenvalue weighted by Crippen LogP contribution is -2.27. The van der Waals surface area contributed by atoms with E-state index >= 15 is 0 Å². The number of anilines is 1. The smallest absolute Gasteiger partial charge is 0.325 e. The maximum Gasteiger partial charge on any atom is 0.325 e. The highest BCUT2D eigenvalue weighted by Gasteiger charge is 2.40. The molecule has 1 aromatic rings. The first-order valence-corrected chi connectivity index (χ1v) is 8.51. The van der Waals surface area contributed by atoms with Crippen LogP contribution >= 0.6 is 10.7 Å². The van der Waals surface area contributed by atoms with Crippen molar-refractivity contribution in [2.45, 2.75) is 30.6 Å². The number of nitrogens with zero attached hydrogens (tertiary/aromatic N) is 3. The maximum absolute atomic E-state index is 11.8. The van der Waals surface area contributed by atoms with E-state index in [1.165, 1.54) is 0 Å². The maximum atomic E-state index is 11.8. The number of carbonyl (C=O) groups excluding carboxylic acids is 1. The van der Waals surface area contributed by atoms with Crippen LogP contribution in [0.5, 0.6) is 0 Å². The molecule has 0 aromatic carbocycles. The Morgan fingerprint density at radius 3 is 2.75 bits per heavy atom. The lowest BCUT2D eigenvalue weighted by molar-refractivity contribution is -0.117. The highest BCUT2D eigenvalue weighted by atomic mass is 35.7. The Kier molecular flexibility index (Phi) is 3.43. The Hall–Kier alpha value is -1.19. The van der Waals surface area contributed by atoms with Crippen LogP contribution in [-0.2, 0) is 18.6 Å². The van der Waals surface area contributed by atoms with Crippen molar-refractivity contribution in [1.82, 2.24) is 10.2 Å². The van der Waals surface area contributed by atoms with Gasteiger partial charge < -0.3 is 9.15 Å². The highest BCUT2D eigenvalue weighted by molar-refractivity contribution is 8.14. The summed E-state index contributed by atoms with van der Waals surface area (Å²) < 4.78 is 33.3. The van der Waals surface area contributed by atoms with Gasteiger partial charge in [-0.1, -0.05) is 5.10 Å². The van der Waals surface area contributed by atoms with Crippen molar-refractivity contribution in [2.24, 2.45) is 0 Å². The van der Waals surface area contributed by atoms with Crippen LogP contribution in [0.1, 0.15) is 31.3 Å². The fraction of sp³-hybridized carbons (Fsp3) is 0.700. The average molecular weight is 322 g/mol. The van der Waals surface area contributed by atoms with E-state index in [4.69, 9.17) is 19.8 Å². The Labute approximate surface area is 119 Å². The number of hydrogen-bond donors (Lipinski definition) is 0.